The molecule has 0 atom stereocenters. The Kier molecular flexibility index (Phi) is 2.71. The van der Waals surface area contributed by atoms with E-state index in [1.54, 1.807) is 0 Å². The average molecular weight is 234 g/mol. The van der Waals surface area contributed by atoms with Gasteiger partial charge in [-0.15, -0.1) is 0 Å². The number of fused-ring (bicyclic) bond motifs is 1. The van der Waals surface area contributed by atoms with E-state index in [2.05, 4.69) is 41.8 Å². The van der Waals surface area contributed by atoms with Gasteiger partial charge < -0.3 is 5.43 Å². The van der Waals surface area contributed by atoms with Gasteiger partial charge in [-0.25, -0.2) is 0 Å². The molecule has 0 spiro atoms. The van der Waals surface area contributed by atoms with Gasteiger partial charge >= 0.3 is 0 Å². The van der Waals surface area contributed by atoms with Gasteiger partial charge in [0.1, 0.15) is 0 Å². The lowest BCUT2D eigenvalue weighted by atomic mass is 10.00. The molecule has 0 radical (unpaired) electrons. The van der Waals surface area contributed by atoms with Crippen LogP contribution in [-0.4, -0.2) is 0 Å². The highest BCUT2D eigenvalue weighted by molar-refractivity contribution is 5.97. The zero-order valence-electron chi connectivity index (χ0n) is 9.93. The highest BCUT2D eigenvalue weighted by Crippen LogP contribution is 2.30. The molecule has 0 bridgehead atoms. The first-order chi connectivity index (χ1) is 8.88. The van der Waals surface area contributed by atoms with Crippen LogP contribution in [0.25, 0.3) is 21.9 Å². The minimum Gasteiger partial charge on any atom is -0.323 e. The van der Waals surface area contributed by atoms with Gasteiger partial charge in [-0.05, 0) is 28.6 Å². The summed E-state index contributed by atoms with van der Waals surface area (Å²) in [5.41, 5.74) is 6.09. The second-order valence-electron chi connectivity index (χ2n) is 4.26. The van der Waals surface area contributed by atoms with E-state index in [0.717, 1.165) is 11.1 Å². The van der Waals surface area contributed by atoms with Gasteiger partial charge in [-0.1, -0.05) is 54.6 Å². The van der Waals surface area contributed by atoms with Crippen molar-refractivity contribution < 1.29 is 0 Å². The fourth-order valence-corrected chi connectivity index (χ4v) is 2.23. The molecule has 0 heterocycles. The van der Waals surface area contributed by atoms with Crippen LogP contribution in [0, 0.1) is 0 Å². The Balaban J connectivity index is 2.26. The normalized spacial score (nSPS) is 10.5. The Hall–Kier alpha value is -2.32. The number of benzene rings is 3. The number of nitrogens with one attached hydrogen (secondary N) is 1. The zero-order valence-corrected chi connectivity index (χ0v) is 9.93. The van der Waals surface area contributed by atoms with Crippen LogP contribution in [0.2, 0.25) is 0 Å². The molecule has 3 aromatic carbocycles. The lowest BCUT2D eigenvalue weighted by molar-refractivity contribution is 1.37. The van der Waals surface area contributed by atoms with Crippen LogP contribution in [0.5, 0.6) is 0 Å². The van der Waals surface area contributed by atoms with Gasteiger partial charge in [0, 0.05) is 5.39 Å². The summed E-state index contributed by atoms with van der Waals surface area (Å²) in [4.78, 5) is 0. The van der Waals surface area contributed by atoms with Crippen molar-refractivity contribution in [1.29, 1.82) is 0 Å². The maximum atomic E-state index is 5.61. The fraction of sp³-hybridized carbons (Fsp3) is 0. The average Bonchev–Trinajstić information content (AvgIpc) is 2.47. The summed E-state index contributed by atoms with van der Waals surface area (Å²) in [6.07, 6.45) is 0. The first-order valence-electron chi connectivity index (χ1n) is 5.93. The summed E-state index contributed by atoms with van der Waals surface area (Å²) < 4.78 is 0. The standard InChI is InChI=1S/C16H14N2/c17-18-16-11-14(12-6-2-1-3-7-12)10-13-8-4-5-9-15(13)16/h1-11,18H,17H2. The quantitative estimate of drug-likeness (QED) is 0.523. The molecular weight excluding hydrogens is 220 g/mol. The zero-order chi connectivity index (χ0) is 12.4. The van der Waals surface area contributed by atoms with Crippen molar-refractivity contribution in [3.05, 3.63) is 66.7 Å². The summed E-state index contributed by atoms with van der Waals surface area (Å²) in [5, 5.41) is 2.33. The third-order valence-electron chi connectivity index (χ3n) is 3.12. The lowest BCUT2D eigenvalue weighted by Crippen LogP contribution is -2.07. The Bertz CT molecular complexity index is 675. The van der Waals surface area contributed by atoms with Crippen molar-refractivity contribution in [2.45, 2.75) is 0 Å². The van der Waals surface area contributed by atoms with Gasteiger partial charge in [-0.3, -0.25) is 5.84 Å². The van der Waals surface area contributed by atoms with Crippen molar-refractivity contribution in [2.24, 2.45) is 5.84 Å². The second kappa shape index (κ2) is 4.51. The Morgan fingerprint density at radius 3 is 2.22 bits per heavy atom. The van der Waals surface area contributed by atoms with Crippen molar-refractivity contribution in [3.8, 4) is 11.1 Å². The minimum atomic E-state index is 0.951. The smallest absolute Gasteiger partial charge is 0.0569 e. The van der Waals surface area contributed by atoms with Gasteiger partial charge in [0.15, 0.2) is 0 Å². The number of hydrogen-bond acceptors (Lipinski definition) is 2. The van der Waals surface area contributed by atoms with Crippen molar-refractivity contribution in [1.82, 2.24) is 0 Å². The Morgan fingerprint density at radius 2 is 1.44 bits per heavy atom. The first kappa shape index (κ1) is 10.8. The minimum absolute atomic E-state index is 0.951. The maximum absolute atomic E-state index is 5.61. The van der Waals surface area contributed by atoms with Crippen LogP contribution in [0.1, 0.15) is 0 Å². The van der Waals surface area contributed by atoms with E-state index < -0.39 is 0 Å². The summed E-state index contributed by atoms with van der Waals surface area (Å²) >= 11 is 0. The molecule has 2 heteroatoms. The number of nitrogen functional groups attached to an aromatic ring is 1. The van der Waals surface area contributed by atoms with Crippen LogP contribution < -0.4 is 11.3 Å². The molecule has 88 valence electrons. The second-order valence-corrected chi connectivity index (χ2v) is 4.26. The van der Waals surface area contributed by atoms with Crippen LogP contribution in [0.3, 0.4) is 0 Å². The van der Waals surface area contributed by atoms with Gasteiger partial charge in [0.2, 0.25) is 0 Å². The molecule has 18 heavy (non-hydrogen) atoms. The lowest BCUT2D eigenvalue weighted by Gasteiger charge is -2.09. The van der Waals surface area contributed by atoms with E-state index in [1.165, 1.54) is 16.5 Å². The van der Waals surface area contributed by atoms with E-state index >= 15 is 0 Å². The molecule has 0 fully saturated rings. The number of hydrogen-bond donors (Lipinski definition) is 2. The summed E-state index contributed by atoms with van der Waals surface area (Å²) in [7, 11) is 0. The van der Waals surface area contributed by atoms with Crippen LogP contribution in [0.15, 0.2) is 66.7 Å². The number of anilines is 1. The fourth-order valence-electron chi connectivity index (χ4n) is 2.23. The molecule has 0 aliphatic heterocycles. The third kappa shape index (κ3) is 1.83. The topological polar surface area (TPSA) is 38.0 Å². The molecule has 3 rings (SSSR count). The Labute approximate surface area is 106 Å². The van der Waals surface area contributed by atoms with E-state index in [-0.39, 0.29) is 0 Å². The molecule has 0 aromatic heterocycles. The highest BCUT2D eigenvalue weighted by atomic mass is 15.2. The monoisotopic (exact) mass is 234 g/mol. The molecule has 0 aliphatic carbocycles. The van der Waals surface area contributed by atoms with Crippen LogP contribution >= 0.6 is 0 Å². The van der Waals surface area contributed by atoms with Gasteiger partial charge in [0.25, 0.3) is 0 Å². The summed E-state index contributed by atoms with van der Waals surface area (Å²) in [6.45, 7) is 0. The maximum Gasteiger partial charge on any atom is 0.0569 e. The number of hydrazine groups is 1. The molecule has 0 saturated carbocycles. The third-order valence-corrected chi connectivity index (χ3v) is 3.12. The summed E-state index contributed by atoms with van der Waals surface area (Å²) in [6, 6.07) is 22.8. The van der Waals surface area contributed by atoms with Crippen molar-refractivity contribution in [3.63, 3.8) is 0 Å². The molecule has 2 nitrogen and oxygen atoms in total. The molecule has 3 aromatic rings. The van der Waals surface area contributed by atoms with E-state index in [0.29, 0.717) is 0 Å². The van der Waals surface area contributed by atoms with Crippen molar-refractivity contribution >= 4 is 16.5 Å². The first-order valence-corrected chi connectivity index (χ1v) is 5.93. The van der Waals surface area contributed by atoms with E-state index in [4.69, 9.17) is 5.84 Å². The summed E-state index contributed by atoms with van der Waals surface area (Å²) in [5.74, 6) is 5.61. The largest absolute Gasteiger partial charge is 0.323 e. The number of nitrogens with two attached hydrogens (primary N) is 1. The van der Waals surface area contributed by atoms with Gasteiger partial charge in [-0.2, -0.15) is 0 Å². The molecule has 3 N–H and O–H groups in total. The molecule has 0 unspecified atom stereocenters. The van der Waals surface area contributed by atoms with Crippen LogP contribution in [-0.2, 0) is 0 Å². The molecule has 0 saturated heterocycles. The Morgan fingerprint density at radius 1 is 0.722 bits per heavy atom. The number of rotatable bonds is 2. The van der Waals surface area contributed by atoms with E-state index in [1.807, 2.05) is 30.3 Å². The molecular formula is C16H14N2. The predicted molar refractivity (Wildman–Crippen MR) is 77.2 cm³/mol. The SMILES string of the molecule is NNc1cc(-c2ccccc2)cc2ccccc12. The van der Waals surface area contributed by atoms with E-state index in [9.17, 15) is 0 Å². The van der Waals surface area contributed by atoms with Gasteiger partial charge in [0.05, 0.1) is 5.69 Å². The molecule has 0 amide bonds. The highest BCUT2D eigenvalue weighted by Gasteiger charge is 2.04. The van der Waals surface area contributed by atoms with Crippen LogP contribution in [0.4, 0.5) is 5.69 Å². The molecule has 0 aliphatic rings. The predicted octanol–water partition coefficient (Wildman–Crippen LogP) is 3.79. The van der Waals surface area contributed by atoms with Crippen molar-refractivity contribution in [2.75, 3.05) is 5.43 Å².